The molecule has 2 aromatic carbocycles. The number of carbonyl (C=O) groups excluding carboxylic acids is 2. The second-order valence-electron chi connectivity index (χ2n) is 8.57. The Bertz CT molecular complexity index is 1020. The van der Waals surface area contributed by atoms with Gasteiger partial charge in [0.2, 0.25) is 5.91 Å². The normalized spacial score (nSPS) is 16.9. The number of aromatic nitrogens is 1. The Balaban J connectivity index is 1.50. The lowest BCUT2D eigenvalue weighted by Crippen LogP contribution is -2.46. The maximum Gasteiger partial charge on any atom is 0.253 e. The van der Waals surface area contributed by atoms with E-state index in [-0.39, 0.29) is 23.8 Å². The SMILES string of the molecule is Cc1cc(C)cc(C(=O)N2CCCC(C(=O)NC(c3ccccc3)c3ccccn3)C2)c1. The summed E-state index contributed by atoms with van der Waals surface area (Å²) in [6, 6.07) is 21.2. The minimum Gasteiger partial charge on any atom is -0.343 e. The molecule has 1 aliphatic heterocycles. The molecule has 2 unspecified atom stereocenters. The van der Waals surface area contributed by atoms with E-state index in [2.05, 4.69) is 16.4 Å². The molecule has 1 N–H and O–H groups in total. The van der Waals surface area contributed by atoms with Crippen LogP contribution < -0.4 is 5.32 Å². The van der Waals surface area contributed by atoms with Gasteiger partial charge in [-0.2, -0.15) is 0 Å². The molecule has 0 bridgehead atoms. The van der Waals surface area contributed by atoms with Crippen molar-refractivity contribution in [1.82, 2.24) is 15.2 Å². The lowest BCUT2D eigenvalue weighted by molar-refractivity contribution is -0.126. The molecule has 5 heteroatoms. The number of hydrogen-bond acceptors (Lipinski definition) is 3. The van der Waals surface area contributed by atoms with Gasteiger partial charge in [-0.25, -0.2) is 0 Å². The summed E-state index contributed by atoms with van der Waals surface area (Å²) < 4.78 is 0. The number of aryl methyl sites for hydroxylation is 2. The first-order valence-corrected chi connectivity index (χ1v) is 11.1. The number of likely N-dealkylation sites (tertiary alicyclic amines) is 1. The van der Waals surface area contributed by atoms with Crippen LogP contribution in [0.4, 0.5) is 0 Å². The smallest absolute Gasteiger partial charge is 0.253 e. The standard InChI is InChI=1S/C27H29N3O2/c1-19-15-20(2)17-23(16-19)27(32)30-14-8-11-22(18-30)26(31)29-25(21-9-4-3-5-10-21)24-12-6-7-13-28-24/h3-7,9-10,12-13,15-17,22,25H,8,11,14,18H2,1-2H3,(H,29,31). The van der Waals surface area contributed by atoms with Crippen LogP contribution in [-0.2, 0) is 4.79 Å². The van der Waals surface area contributed by atoms with Crippen LogP contribution in [0.5, 0.6) is 0 Å². The number of pyridine rings is 1. The van der Waals surface area contributed by atoms with E-state index in [1.54, 1.807) is 6.20 Å². The van der Waals surface area contributed by atoms with Crippen LogP contribution in [0, 0.1) is 19.8 Å². The molecule has 2 heterocycles. The van der Waals surface area contributed by atoms with Gasteiger partial charge in [-0.05, 0) is 56.5 Å². The summed E-state index contributed by atoms with van der Waals surface area (Å²) in [5.74, 6) is -0.283. The van der Waals surface area contributed by atoms with Gasteiger partial charge < -0.3 is 10.2 Å². The first-order chi connectivity index (χ1) is 15.5. The minimum atomic E-state index is -0.324. The maximum atomic E-state index is 13.3. The molecule has 0 aliphatic carbocycles. The van der Waals surface area contributed by atoms with Crippen molar-refractivity contribution in [1.29, 1.82) is 0 Å². The molecule has 2 amide bonds. The molecule has 5 nitrogen and oxygen atoms in total. The highest BCUT2D eigenvalue weighted by Crippen LogP contribution is 2.24. The summed E-state index contributed by atoms with van der Waals surface area (Å²) in [7, 11) is 0. The van der Waals surface area contributed by atoms with Crippen molar-refractivity contribution in [2.45, 2.75) is 32.7 Å². The molecule has 4 rings (SSSR count). The fourth-order valence-electron chi connectivity index (χ4n) is 4.44. The van der Waals surface area contributed by atoms with Crippen LogP contribution in [0.15, 0.2) is 72.9 Å². The predicted molar refractivity (Wildman–Crippen MR) is 125 cm³/mol. The number of benzene rings is 2. The van der Waals surface area contributed by atoms with E-state index >= 15 is 0 Å². The molecule has 0 radical (unpaired) electrons. The van der Waals surface area contributed by atoms with Gasteiger partial charge in [0.05, 0.1) is 17.7 Å². The number of piperidine rings is 1. The number of rotatable bonds is 5. The second-order valence-corrected chi connectivity index (χ2v) is 8.57. The largest absolute Gasteiger partial charge is 0.343 e. The van der Waals surface area contributed by atoms with Gasteiger partial charge in [0.1, 0.15) is 0 Å². The molecule has 164 valence electrons. The topological polar surface area (TPSA) is 62.3 Å². The third-order valence-electron chi connectivity index (χ3n) is 5.95. The highest BCUT2D eigenvalue weighted by molar-refractivity contribution is 5.95. The van der Waals surface area contributed by atoms with Crippen LogP contribution >= 0.6 is 0 Å². The van der Waals surface area contributed by atoms with Gasteiger partial charge in [0, 0.05) is 24.8 Å². The molecular weight excluding hydrogens is 398 g/mol. The summed E-state index contributed by atoms with van der Waals surface area (Å²) in [5, 5.41) is 3.20. The number of nitrogens with zero attached hydrogens (tertiary/aromatic N) is 2. The summed E-state index contributed by atoms with van der Waals surface area (Å²) in [6.07, 6.45) is 3.32. The zero-order chi connectivity index (χ0) is 22.5. The molecule has 32 heavy (non-hydrogen) atoms. The third-order valence-corrected chi connectivity index (χ3v) is 5.95. The van der Waals surface area contributed by atoms with Crippen molar-refractivity contribution < 1.29 is 9.59 Å². The predicted octanol–water partition coefficient (Wildman–Crippen LogP) is 4.46. The van der Waals surface area contributed by atoms with Gasteiger partial charge in [-0.1, -0.05) is 53.6 Å². The van der Waals surface area contributed by atoms with E-state index < -0.39 is 0 Å². The monoisotopic (exact) mass is 427 g/mol. The van der Waals surface area contributed by atoms with Gasteiger partial charge in [0.25, 0.3) is 5.91 Å². The molecule has 1 aromatic heterocycles. The molecular formula is C27H29N3O2. The van der Waals surface area contributed by atoms with E-state index in [0.29, 0.717) is 18.7 Å². The fraction of sp³-hybridized carbons (Fsp3) is 0.296. The van der Waals surface area contributed by atoms with Crippen molar-refractivity contribution >= 4 is 11.8 Å². The van der Waals surface area contributed by atoms with E-state index in [4.69, 9.17) is 0 Å². The van der Waals surface area contributed by atoms with Crippen molar-refractivity contribution in [3.8, 4) is 0 Å². The lowest BCUT2D eigenvalue weighted by Gasteiger charge is -2.33. The van der Waals surface area contributed by atoms with E-state index in [9.17, 15) is 9.59 Å². The van der Waals surface area contributed by atoms with Crippen LogP contribution in [-0.4, -0.2) is 34.8 Å². The van der Waals surface area contributed by atoms with Crippen molar-refractivity contribution in [2.24, 2.45) is 5.92 Å². The Labute approximate surface area is 189 Å². The molecule has 1 fully saturated rings. The van der Waals surface area contributed by atoms with Crippen molar-refractivity contribution in [2.75, 3.05) is 13.1 Å². The Morgan fingerprint density at radius 3 is 2.41 bits per heavy atom. The summed E-state index contributed by atoms with van der Waals surface area (Å²) in [6.45, 7) is 5.11. The molecule has 2 atom stereocenters. The maximum absolute atomic E-state index is 13.3. The van der Waals surface area contributed by atoms with Gasteiger partial charge >= 0.3 is 0 Å². The quantitative estimate of drug-likeness (QED) is 0.654. The number of hydrogen-bond donors (Lipinski definition) is 1. The number of nitrogens with one attached hydrogen (secondary N) is 1. The molecule has 3 aromatic rings. The van der Waals surface area contributed by atoms with Gasteiger partial charge in [-0.3, -0.25) is 14.6 Å². The lowest BCUT2D eigenvalue weighted by atomic mass is 9.94. The average molecular weight is 428 g/mol. The van der Waals surface area contributed by atoms with Gasteiger partial charge in [-0.15, -0.1) is 0 Å². The number of amides is 2. The fourth-order valence-corrected chi connectivity index (χ4v) is 4.44. The summed E-state index contributed by atoms with van der Waals surface area (Å²) >= 11 is 0. The second kappa shape index (κ2) is 9.77. The Hall–Kier alpha value is -3.47. The van der Waals surface area contributed by atoms with E-state index in [1.165, 1.54) is 0 Å². The highest BCUT2D eigenvalue weighted by Gasteiger charge is 2.31. The average Bonchev–Trinajstić information content (AvgIpc) is 2.82. The molecule has 1 saturated heterocycles. The van der Waals surface area contributed by atoms with Crippen molar-refractivity contribution in [3.05, 3.63) is 101 Å². The van der Waals surface area contributed by atoms with Crippen LogP contribution in [0.1, 0.15) is 51.6 Å². The first kappa shape index (κ1) is 21.8. The van der Waals surface area contributed by atoms with Gasteiger partial charge in [0.15, 0.2) is 0 Å². The van der Waals surface area contributed by atoms with Crippen LogP contribution in [0.25, 0.3) is 0 Å². The zero-order valence-corrected chi connectivity index (χ0v) is 18.6. The van der Waals surface area contributed by atoms with Crippen molar-refractivity contribution in [3.63, 3.8) is 0 Å². The highest BCUT2D eigenvalue weighted by atomic mass is 16.2. The van der Waals surface area contributed by atoms with E-state index in [0.717, 1.165) is 35.2 Å². The molecule has 0 saturated carbocycles. The summed E-state index contributed by atoms with van der Waals surface area (Å²) in [4.78, 5) is 32.7. The Kier molecular flexibility index (Phi) is 6.64. The number of carbonyl (C=O) groups is 2. The molecule has 1 aliphatic rings. The zero-order valence-electron chi connectivity index (χ0n) is 18.6. The molecule has 0 spiro atoms. The third kappa shape index (κ3) is 5.05. The first-order valence-electron chi connectivity index (χ1n) is 11.1. The Morgan fingerprint density at radius 1 is 1.00 bits per heavy atom. The van der Waals surface area contributed by atoms with Crippen LogP contribution in [0.2, 0.25) is 0 Å². The minimum absolute atomic E-state index is 0.00126. The van der Waals surface area contributed by atoms with E-state index in [1.807, 2.05) is 79.4 Å². The Morgan fingerprint density at radius 2 is 1.72 bits per heavy atom. The summed E-state index contributed by atoms with van der Waals surface area (Å²) in [5.41, 5.74) is 4.62. The van der Waals surface area contributed by atoms with Crippen LogP contribution in [0.3, 0.4) is 0 Å².